The van der Waals surface area contributed by atoms with Crippen molar-refractivity contribution >= 4 is 11.9 Å². The molecule has 0 heterocycles. The van der Waals surface area contributed by atoms with E-state index in [-0.39, 0.29) is 23.3 Å². The van der Waals surface area contributed by atoms with Crippen LogP contribution in [0.1, 0.15) is 119 Å². The van der Waals surface area contributed by atoms with Gasteiger partial charge in [0.2, 0.25) is 0 Å². The van der Waals surface area contributed by atoms with E-state index in [9.17, 15) is 9.59 Å². The Morgan fingerprint density at radius 1 is 1.00 bits per heavy atom. The zero-order valence-electron chi connectivity index (χ0n) is 20.7. The fraction of sp³-hybridized carbons (Fsp3) is 0.923. The summed E-state index contributed by atoms with van der Waals surface area (Å²) in [5.41, 5.74) is -0.459. The van der Waals surface area contributed by atoms with E-state index in [1.54, 1.807) is 0 Å². The second-order valence-corrected chi connectivity index (χ2v) is 10.9. The zero-order valence-corrected chi connectivity index (χ0v) is 20.7. The maximum atomic E-state index is 12.9. The zero-order chi connectivity index (χ0) is 22.6. The summed E-state index contributed by atoms with van der Waals surface area (Å²) in [5.74, 6) is -0.283. The van der Waals surface area contributed by atoms with Gasteiger partial charge in [0.25, 0.3) is 0 Å². The fourth-order valence-electron chi connectivity index (χ4n) is 4.78. The van der Waals surface area contributed by atoms with Crippen LogP contribution < -0.4 is 0 Å². The third kappa shape index (κ3) is 9.83. The molecule has 0 aromatic heterocycles. The minimum absolute atomic E-state index is 0.209. The van der Waals surface area contributed by atoms with E-state index in [0.29, 0.717) is 25.6 Å². The summed E-state index contributed by atoms with van der Waals surface area (Å²) in [5, 5.41) is 0. The number of hydrogen-bond acceptors (Lipinski definition) is 4. The van der Waals surface area contributed by atoms with Crippen LogP contribution in [0.3, 0.4) is 0 Å². The van der Waals surface area contributed by atoms with Crippen molar-refractivity contribution in [3.63, 3.8) is 0 Å². The first-order chi connectivity index (χ1) is 14.1. The lowest BCUT2D eigenvalue weighted by Gasteiger charge is -2.37. The van der Waals surface area contributed by atoms with Crippen molar-refractivity contribution in [2.45, 2.75) is 119 Å². The summed E-state index contributed by atoms with van der Waals surface area (Å²) >= 11 is 0. The Morgan fingerprint density at radius 2 is 1.67 bits per heavy atom. The van der Waals surface area contributed by atoms with Crippen LogP contribution in [0.2, 0.25) is 0 Å². The van der Waals surface area contributed by atoms with Crippen molar-refractivity contribution in [2.75, 3.05) is 13.2 Å². The van der Waals surface area contributed by atoms with Crippen LogP contribution in [0.5, 0.6) is 0 Å². The molecule has 4 nitrogen and oxygen atoms in total. The first kappa shape index (κ1) is 27.0. The van der Waals surface area contributed by atoms with Crippen molar-refractivity contribution in [1.29, 1.82) is 0 Å². The molecule has 0 spiro atoms. The van der Waals surface area contributed by atoms with Gasteiger partial charge in [0, 0.05) is 0 Å². The first-order valence-electron chi connectivity index (χ1n) is 12.4. The number of ether oxygens (including phenoxy) is 2. The molecule has 4 heteroatoms. The molecule has 3 unspecified atom stereocenters. The molecule has 1 rings (SSSR count). The van der Waals surface area contributed by atoms with Gasteiger partial charge in [-0.15, -0.1) is 0 Å². The molecule has 176 valence electrons. The second-order valence-electron chi connectivity index (χ2n) is 10.9. The molecule has 30 heavy (non-hydrogen) atoms. The molecule has 0 aromatic rings. The third-order valence-electron chi connectivity index (χ3n) is 6.51. The van der Waals surface area contributed by atoms with Crippen LogP contribution in [0.15, 0.2) is 0 Å². The SMILES string of the molecule is CCCCCCCCOC(=O)C1(C)CCCCC1C(=O)OCCC(C)CC(C)(C)C. The normalized spacial score (nSPS) is 23.1. The Kier molecular flexibility index (Phi) is 12.0. The molecule has 0 radical (unpaired) electrons. The average Bonchev–Trinajstić information content (AvgIpc) is 2.65. The lowest BCUT2D eigenvalue weighted by atomic mass is 9.67. The van der Waals surface area contributed by atoms with Crippen molar-refractivity contribution in [3.05, 3.63) is 0 Å². The molecule has 0 saturated heterocycles. The van der Waals surface area contributed by atoms with Crippen LogP contribution >= 0.6 is 0 Å². The molecule has 0 amide bonds. The van der Waals surface area contributed by atoms with Crippen molar-refractivity contribution in [3.8, 4) is 0 Å². The molecule has 1 fully saturated rings. The van der Waals surface area contributed by atoms with Gasteiger partial charge in [-0.2, -0.15) is 0 Å². The van der Waals surface area contributed by atoms with E-state index < -0.39 is 5.41 Å². The standard InChI is InChI=1S/C26H48O4/c1-7-8-9-10-11-14-18-30-24(28)26(6)17-13-12-15-22(26)23(27)29-19-16-21(2)20-25(3,4)5/h21-22H,7-20H2,1-6H3. The number of carbonyl (C=O) groups excluding carboxylic acids is 2. The Balaban J connectivity index is 2.46. The van der Waals surface area contributed by atoms with E-state index in [1.807, 2.05) is 6.92 Å². The maximum Gasteiger partial charge on any atom is 0.312 e. The monoisotopic (exact) mass is 424 g/mol. The predicted octanol–water partition coefficient (Wildman–Crippen LogP) is 7.09. The van der Waals surface area contributed by atoms with Gasteiger partial charge in [-0.1, -0.05) is 79.6 Å². The summed E-state index contributed by atoms with van der Waals surface area (Å²) in [4.78, 5) is 25.7. The van der Waals surface area contributed by atoms with Crippen LogP contribution in [0.25, 0.3) is 0 Å². The van der Waals surface area contributed by atoms with E-state index in [2.05, 4.69) is 34.6 Å². The van der Waals surface area contributed by atoms with Crippen LogP contribution in [-0.2, 0) is 19.1 Å². The third-order valence-corrected chi connectivity index (χ3v) is 6.51. The highest BCUT2D eigenvalue weighted by Crippen LogP contribution is 2.43. The summed E-state index contributed by atoms with van der Waals surface area (Å²) in [6.45, 7) is 13.9. The molecular formula is C26H48O4. The maximum absolute atomic E-state index is 12.9. The highest BCUT2D eigenvalue weighted by atomic mass is 16.5. The minimum Gasteiger partial charge on any atom is -0.465 e. The van der Waals surface area contributed by atoms with Crippen molar-refractivity contribution < 1.29 is 19.1 Å². The van der Waals surface area contributed by atoms with Gasteiger partial charge in [-0.05, 0) is 50.4 Å². The number of hydrogen-bond donors (Lipinski definition) is 0. The molecule has 1 aliphatic rings. The van der Waals surface area contributed by atoms with Gasteiger partial charge < -0.3 is 9.47 Å². The lowest BCUT2D eigenvalue weighted by Crippen LogP contribution is -2.44. The molecule has 0 bridgehead atoms. The number of carbonyl (C=O) groups is 2. The quantitative estimate of drug-likeness (QED) is 0.234. The Morgan fingerprint density at radius 3 is 2.33 bits per heavy atom. The van der Waals surface area contributed by atoms with E-state index in [4.69, 9.17) is 9.47 Å². The second kappa shape index (κ2) is 13.4. The predicted molar refractivity (Wildman–Crippen MR) is 123 cm³/mol. The minimum atomic E-state index is -0.741. The Bertz CT molecular complexity index is 508. The Hall–Kier alpha value is -1.06. The summed E-state index contributed by atoms with van der Waals surface area (Å²) in [6, 6.07) is 0. The van der Waals surface area contributed by atoms with Gasteiger partial charge in [0.05, 0.1) is 24.5 Å². The number of rotatable bonds is 13. The number of esters is 2. The number of unbranched alkanes of at least 4 members (excludes halogenated alkanes) is 5. The summed E-state index contributed by atoms with van der Waals surface area (Å²) < 4.78 is 11.3. The van der Waals surface area contributed by atoms with Crippen molar-refractivity contribution in [1.82, 2.24) is 0 Å². The molecule has 1 aliphatic carbocycles. The molecule has 1 saturated carbocycles. The molecule has 3 atom stereocenters. The lowest BCUT2D eigenvalue weighted by molar-refractivity contribution is -0.172. The van der Waals surface area contributed by atoms with Gasteiger partial charge in [-0.25, -0.2) is 0 Å². The average molecular weight is 425 g/mol. The van der Waals surface area contributed by atoms with Gasteiger partial charge in [0.1, 0.15) is 0 Å². The molecular weight excluding hydrogens is 376 g/mol. The summed E-state index contributed by atoms with van der Waals surface area (Å²) in [7, 11) is 0. The van der Waals surface area contributed by atoms with Crippen LogP contribution in [-0.4, -0.2) is 25.2 Å². The molecule has 0 aliphatic heterocycles. The van der Waals surface area contributed by atoms with Crippen molar-refractivity contribution in [2.24, 2.45) is 22.7 Å². The molecule has 0 N–H and O–H groups in total. The molecule has 0 aromatic carbocycles. The van der Waals surface area contributed by atoms with E-state index in [0.717, 1.165) is 44.9 Å². The van der Waals surface area contributed by atoms with Gasteiger partial charge in [-0.3, -0.25) is 9.59 Å². The highest BCUT2D eigenvalue weighted by Gasteiger charge is 2.48. The summed E-state index contributed by atoms with van der Waals surface area (Å²) in [6.07, 6.45) is 12.3. The van der Waals surface area contributed by atoms with Gasteiger partial charge in [0.15, 0.2) is 0 Å². The van der Waals surface area contributed by atoms with E-state index >= 15 is 0 Å². The van der Waals surface area contributed by atoms with Gasteiger partial charge >= 0.3 is 11.9 Å². The van der Waals surface area contributed by atoms with Crippen LogP contribution in [0, 0.1) is 22.7 Å². The van der Waals surface area contributed by atoms with Crippen LogP contribution in [0.4, 0.5) is 0 Å². The smallest absolute Gasteiger partial charge is 0.312 e. The first-order valence-corrected chi connectivity index (χ1v) is 12.4. The highest BCUT2D eigenvalue weighted by molar-refractivity contribution is 5.85. The fourth-order valence-corrected chi connectivity index (χ4v) is 4.78. The Labute approximate surface area is 185 Å². The van der Waals surface area contributed by atoms with E-state index in [1.165, 1.54) is 25.7 Å². The largest absolute Gasteiger partial charge is 0.465 e. The topological polar surface area (TPSA) is 52.6 Å².